The summed E-state index contributed by atoms with van der Waals surface area (Å²) in [6.45, 7) is 7.03. The predicted molar refractivity (Wildman–Crippen MR) is 76.3 cm³/mol. The van der Waals surface area contributed by atoms with Crippen molar-refractivity contribution in [3.8, 4) is 5.75 Å². The van der Waals surface area contributed by atoms with Crippen LogP contribution in [0.25, 0.3) is 0 Å². The third-order valence-corrected chi connectivity index (χ3v) is 3.39. The Balaban J connectivity index is 2.07. The van der Waals surface area contributed by atoms with Crippen molar-refractivity contribution in [1.82, 2.24) is 15.5 Å². The zero-order valence-corrected chi connectivity index (χ0v) is 11.9. The van der Waals surface area contributed by atoms with Gasteiger partial charge in [-0.1, -0.05) is 12.1 Å². The van der Waals surface area contributed by atoms with Crippen LogP contribution in [0.15, 0.2) is 24.4 Å². The normalized spacial score (nSPS) is 12.4. The maximum absolute atomic E-state index is 5.45. The SMILES string of the molecule is COc1cc(C)ccc1C(C)NCc1cn[nH]c1C. The molecule has 4 nitrogen and oxygen atoms in total. The summed E-state index contributed by atoms with van der Waals surface area (Å²) in [5.74, 6) is 0.934. The molecule has 0 aliphatic carbocycles. The summed E-state index contributed by atoms with van der Waals surface area (Å²) >= 11 is 0. The Bertz CT molecular complexity index is 548. The summed E-state index contributed by atoms with van der Waals surface area (Å²) in [4.78, 5) is 0. The maximum Gasteiger partial charge on any atom is 0.123 e. The van der Waals surface area contributed by atoms with Crippen LogP contribution in [0.3, 0.4) is 0 Å². The second-order valence-electron chi connectivity index (χ2n) is 4.87. The van der Waals surface area contributed by atoms with Crippen LogP contribution in [-0.2, 0) is 6.54 Å². The first-order valence-electron chi connectivity index (χ1n) is 6.48. The molecule has 0 amide bonds. The van der Waals surface area contributed by atoms with E-state index in [1.54, 1.807) is 7.11 Å². The number of aromatic amines is 1. The summed E-state index contributed by atoms with van der Waals surface area (Å²) < 4.78 is 5.45. The van der Waals surface area contributed by atoms with E-state index in [4.69, 9.17) is 4.74 Å². The standard InChI is InChI=1S/C15H21N3O/c1-10-5-6-14(15(7-10)19-4)12(3)16-8-13-9-17-18-11(13)2/h5-7,9,12,16H,8H2,1-4H3,(H,17,18). The fraction of sp³-hybridized carbons (Fsp3) is 0.400. The molecule has 19 heavy (non-hydrogen) atoms. The average molecular weight is 259 g/mol. The van der Waals surface area contributed by atoms with Gasteiger partial charge in [-0.15, -0.1) is 0 Å². The first kappa shape index (κ1) is 13.6. The van der Waals surface area contributed by atoms with Gasteiger partial charge in [0.05, 0.1) is 13.3 Å². The zero-order valence-electron chi connectivity index (χ0n) is 11.9. The lowest BCUT2D eigenvalue weighted by atomic mass is 10.0. The molecule has 0 aliphatic rings. The van der Waals surface area contributed by atoms with Gasteiger partial charge in [0.15, 0.2) is 0 Å². The molecule has 0 radical (unpaired) electrons. The first-order chi connectivity index (χ1) is 9.11. The molecule has 2 N–H and O–H groups in total. The number of benzene rings is 1. The number of ether oxygens (including phenoxy) is 1. The molecule has 0 fully saturated rings. The lowest BCUT2D eigenvalue weighted by Gasteiger charge is -2.17. The number of nitrogens with one attached hydrogen (secondary N) is 2. The minimum Gasteiger partial charge on any atom is -0.496 e. The van der Waals surface area contributed by atoms with Crippen molar-refractivity contribution in [3.63, 3.8) is 0 Å². The van der Waals surface area contributed by atoms with E-state index >= 15 is 0 Å². The molecule has 1 atom stereocenters. The quantitative estimate of drug-likeness (QED) is 0.868. The predicted octanol–water partition coefficient (Wildman–Crippen LogP) is 2.89. The number of hydrogen-bond acceptors (Lipinski definition) is 3. The van der Waals surface area contributed by atoms with Crippen molar-refractivity contribution in [1.29, 1.82) is 0 Å². The molecule has 0 saturated carbocycles. The molecular weight excluding hydrogens is 238 g/mol. The Labute approximate surface area is 114 Å². The van der Waals surface area contributed by atoms with Crippen LogP contribution in [0.2, 0.25) is 0 Å². The van der Waals surface area contributed by atoms with Gasteiger partial charge in [-0.25, -0.2) is 0 Å². The van der Waals surface area contributed by atoms with Crippen LogP contribution < -0.4 is 10.1 Å². The topological polar surface area (TPSA) is 49.9 Å². The highest BCUT2D eigenvalue weighted by Gasteiger charge is 2.11. The summed E-state index contributed by atoms with van der Waals surface area (Å²) in [5, 5.41) is 10.5. The summed E-state index contributed by atoms with van der Waals surface area (Å²) in [6.07, 6.45) is 1.86. The third kappa shape index (κ3) is 3.15. The minimum absolute atomic E-state index is 0.227. The van der Waals surface area contributed by atoms with E-state index in [0.29, 0.717) is 0 Å². The number of methoxy groups -OCH3 is 1. The van der Waals surface area contributed by atoms with E-state index in [-0.39, 0.29) is 6.04 Å². The Morgan fingerprint density at radius 2 is 2.16 bits per heavy atom. The summed E-state index contributed by atoms with van der Waals surface area (Å²) in [6, 6.07) is 6.52. The molecule has 2 rings (SSSR count). The zero-order chi connectivity index (χ0) is 13.8. The number of H-pyrrole nitrogens is 1. The highest BCUT2D eigenvalue weighted by atomic mass is 16.5. The second kappa shape index (κ2) is 5.89. The fourth-order valence-corrected chi connectivity index (χ4v) is 2.10. The summed E-state index contributed by atoms with van der Waals surface area (Å²) in [7, 11) is 1.71. The number of nitrogens with zero attached hydrogens (tertiary/aromatic N) is 1. The summed E-state index contributed by atoms with van der Waals surface area (Å²) in [5.41, 5.74) is 4.68. The van der Waals surface area contributed by atoms with Gasteiger partial charge < -0.3 is 10.1 Å². The van der Waals surface area contributed by atoms with Crippen LogP contribution in [0, 0.1) is 13.8 Å². The Morgan fingerprint density at radius 1 is 1.37 bits per heavy atom. The van der Waals surface area contributed by atoms with Crippen LogP contribution in [0.4, 0.5) is 0 Å². The number of rotatable bonds is 5. The lowest BCUT2D eigenvalue weighted by Crippen LogP contribution is -2.19. The minimum atomic E-state index is 0.227. The van der Waals surface area contributed by atoms with Gasteiger partial charge in [0.25, 0.3) is 0 Å². The second-order valence-corrected chi connectivity index (χ2v) is 4.87. The van der Waals surface area contributed by atoms with Gasteiger partial charge in [0.2, 0.25) is 0 Å². The van der Waals surface area contributed by atoms with Gasteiger partial charge in [-0.05, 0) is 32.4 Å². The molecule has 0 aliphatic heterocycles. The molecule has 0 saturated heterocycles. The van der Waals surface area contributed by atoms with Crippen LogP contribution >= 0.6 is 0 Å². The van der Waals surface area contributed by atoms with Crippen molar-refractivity contribution in [2.45, 2.75) is 33.4 Å². The Morgan fingerprint density at radius 3 is 2.79 bits per heavy atom. The molecule has 4 heteroatoms. The highest BCUT2D eigenvalue weighted by molar-refractivity contribution is 5.39. The molecule has 0 bridgehead atoms. The van der Waals surface area contributed by atoms with E-state index in [1.165, 1.54) is 16.7 Å². The molecule has 1 heterocycles. The Kier molecular flexibility index (Phi) is 4.22. The number of aromatic nitrogens is 2. The smallest absolute Gasteiger partial charge is 0.123 e. The average Bonchev–Trinajstić information content (AvgIpc) is 2.81. The van der Waals surface area contributed by atoms with Crippen molar-refractivity contribution in [2.75, 3.05) is 7.11 Å². The van der Waals surface area contributed by atoms with Crippen molar-refractivity contribution in [2.24, 2.45) is 0 Å². The van der Waals surface area contributed by atoms with Gasteiger partial charge in [-0.2, -0.15) is 5.10 Å². The fourth-order valence-electron chi connectivity index (χ4n) is 2.10. The van der Waals surface area contributed by atoms with Crippen molar-refractivity contribution in [3.05, 3.63) is 46.8 Å². The van der Waals surface area contributed by atoms with Gasteiger partial charge in [0, 0.05) is 29.4 Å². The molecule has 1 aromatic carbocycles. The van der Waals surface area contributed by atoms with Gasteiger partial charge in [-0.3, -0.25) is 5.10 Å². The van der Waals surface area contributed by atoms with Gasteiger partial charge in [0.1, 0.15) is 5.75 Å². The number of hydrogen-bond donors (Lipinski definition) is 2. The van der Waals surface area contributed by atoms with Crippen molar-refractivity contribution >= 4 is 0 Å². The molecule has 102 valence electrons. The third-order valence-electron chi connectivity index (χ3n) is 3.39. The highest BCUT2D eigenvalue weighted by Crippen LogP contribution is 2.26. The molecule has 2 aromatic rings. The van der Waals surface area contributed by atoms with Crippen molar-refractivity contribution < 1.29 is 4.74 Å². The van der Waals surface area contributed by atoms with E-state index in [1.807, 2.05) is 13.1 Å². The van der Waals surface area contributed by atoms with E-state index in [0.717, 1.165) is 18.0 Å². The Hall–Kier alpha value is -1.81. The lowest BCUT2D eigenvalue weighted by molar-refractivity contribution is 0.401. The van der Waals surface area contributed by atoms with Crippen LogP contribution in [0.1, 0.15) is 35.3 Å². The van der Waals surface area contributed by atoms with Crippen LogP contribution in [-0.4, -0.2) is 17.3 Å². The monoisotopic (exact) mass is 259 g/mol. The van der Waals surface area contributed by atoms with E-state index < -0.39 is 0 Å². The molecular formula is C15H21N3O. The van der Waals surface area contributed by atoms with Crippen LogP contribution in [0.5, 0.6) is 5.75 Å². The largest absolute Gasteiger partial charge is 0.496 e. The maximum atomic E-state index is 5.45. The van der Waals surface area contributed by atoms with E-state index in [9.17, 15) is 0 Å². The van der Waals surface area contributed by atoms with E-state index in [2.05, 4.69) is 47.6 Å². The number of aryl methyl sites for hydroxylation is 2. The molecule has 1 unspecified atom stereocenters. The first-order valence-corrected chi connectivity index (χ1v) is 6.48. The molecule has 0 spiro atoms. The molecule has 1 aromatic heterocycles. The van der Waals surface area contributed by atoms with Gasteiger partial charge >= 0.3 is 0 Å².